The molecule has 1 aromatic heterocycles. The van der Waals surface area contributed by atoms with Gasteiger partial charge in [0.2, 0.25) is 0 Å². The van der Waals surface area contributed by atoms with E-state index in [1.165, 1.54) is 12.8 Å². The Morgan fingerprint density at radius 1 is 1.18 bits per heavy atom. The standard InChI is InChI=1S/C18H22N4/c1-13(2)12-19-22(16-7-5-4-6-8-16)18-20-14(3)11-17(21-18)15-9-10-15/h4-8,11-13,15H,9-10H2,1-3H3. The number of hydrazone groups is 1. The highest BCUT2D eigenvalue weighted by Gasteiger charge is 2.26. The maximum absolute atomic E-state index is 4.75. The average molecular weight is 294 g/mol. The summed E-state index contributed by atoms with van der Waals surface area (Å²) in [5, 5.41) is 6.44. The molecule has 1 fully saturated rings. The second kappa shape index (κ2) is 6.26. The quantitative estimate of drug-likeness (QED) is 0.604. The van der Waals surface area contributed by atoms with Crippen molar-refractivity contribution in [2.45, 2.75) is 39.5 Å². The largest absolute Gasteiger partial charge is 0.251 e. The normalized spacial score (nSPS) is 14.7. The van der Waals surface area contributed by atoms with Gasteiger partial charge in [-0.05, 0) is 43.9 Å². The van der Waals surface area contributed by atoms with Crippen LogP contribution >= 0.6 is 0 Å². The predicted molar refractivity (Wildman–Crippen MR) is 90.7 cm³/mol. The number of aryl methyl sites for hydroxylation is 1. The molecule has 0 N–H and O–H groups in total. The van der Waals surface area contributed by atoms with E-state index in [1.807, 2.05) is 48.5 Å². The van der Waals surface area contributed by atoms with Crippen molar-refractivity contribution in [3.63, 3.8) is 0 Å². The Bertz CT molecular complexity index is 660. The molecule has 0 saturated heterocycles. The molecule has 0 unspecified atom stereocenters. The van der Waals surface area contributed by atoms with Crippen molar-refractivity contribution in [1.82, 2.24) is 9.97 Å². The van der Waals surface area contributed by atoms with E-state index in [4.69, 9.17) is 4.98 Å². The molecule has 4 heteroatoms. The van der Waals surface area contributed by atoms with E-state index >= 15 is 0 Å². The molecule has 1 aliphatic rings. The van der Waals surface area contributed by atoms with E-state index in [1.54, 1.807) is 0 Å². The van der Waals surface area contributed by atoms with Gasteiger partial charge in [0.1, 0.15) is 0 Å². The first-order chi connectivity index (χ1) is 10.6. The summed E-state index contributed by atoms with van der Waals surface area (Å²) < 4.78 is 0. The zero-order valence-corrected chi connectivity index (χ0v) is 13.4. The Morgan fingerprint density at radius 3 is 2.55 bits per heavy atom. The zero-order valence-electron chi connectivity index (χ0n) is 13.4. The summed E-state index contributed by atoms with van der Waals surface area (Å²) >= 11 is 0. The van der Waals surface area contributed by atoms with Crippen LogP contribution in [0.2, 0.25) is 0 Å². The summed E-state index contributed by atoms with van der Waals surface area (Å²) in [4.78, 5) is 9.35. The molecule has 1 saturated carbocycles. The summed E-state index contributed by atoms with van der Waals surface area (Å²) in [5.41, 5.74) is 3.11. The van der Waals surface area contributed by atoms with E-state index in [2.05, 4.69) is 30.0 Å². The lowest BCUT2D eigenvalue weighted by Crippen LogP contribution is -2.15. The lowest BCUT2D eigenvalue weighted by Gasteiger charge is -2.18. The van der Waals surface area contributed by atoms with Crippen LogP contribution in [0.3, 0.4) is 0 Å². The number of hydrogen-bond donors (Lipinski definition) is 0. The zero-order chi connectivity index (χ0) is 15.5. The van der Waals surface area contributed by atoms with Crippen molar-refractivity contribution < 1.29 is 0 Å². The highest BCUT2D eigenvalue weighted by molar-refractivity contribution is 5.66. The Kier molecular flexibility index (Phi) is 4.18. The molecule has 1 heterocycles. The van der Waals surface area contributed by atoms with Gasteiger partial charge in [0.15, 0.2) is 0 Å². The third kappa shape index (κ3) is 3.50. The highest BCUT2D eigenvalue weighted by atomic mass is 15.5. The molecule has 1 aliphatic carbocycles. The van der Waals surface area contributed by atoms with Gasteiger partial charge in [-0.2, -0.15) is 10.1 Å². The Morgan fingerprint density at radius 2 is 1.91 bits per heavy atom. The smallest absolute Gasteiger partial charge is 0.216 e. The maximum Gasteiger partial charge on any atom is 0.251 e. The molecule has 4 nitrogen and oxygen atoms in total. The molecule has 22 heavy (non-hydrogen) atoms. The SMILES string of the molecule is Cc1cc(C2CC2)nc(N(N=CC(C)C)c2ccccc2)n1. The third-order valence-corrected chi connectivity index (χ3v) is 3.53. The second-order valence-corrected chi connectivity index (χ2v) is 6.16. The van der Waals surface area contributed by atoms with Gasteiger partial charge < -0.3 is 0 Å². The summed E-state index contributed by atoms with van der Waals surface area (Å²) in [6.07, 6.45) is 4.39. The molecule has 0 bridgehead atoms. The lowest BCUT2D eigenvalue weighted by molar-refractivity contribution is 0.873. The van der Waals surface area contributed by atoms with Crippen molar-refractivity contribution in [1.29, 1.82) is 0 Å². The van der Waals surface area contributed by atoms with E-state index in [-0.39, 0.29) is 0 Å². The fraction of sp³-hybridized carbons (Fsp3) is 0.389. The van der Waals surface area contributed by atoms with Gasteiger partial charge in [0, 0.05) is 23.5 Å². The number of rotatable bonds is 5. The van der Waals surface area contributed by atoms with Crippen molar-refractivity contribution in [2.24, 2.45) is 11.0 Å². The van der Waals surface area contributed by atoms with E-state index < -0.39 is 0 Å². The first-order valence-electron chi connectivity index (χ1n) is 7.88. The van der Waals surface area contributed by atoms with Gasteiger partial charge in [-0.3, -0.25) is 0 Å². The summed E-state index contributed by atoms with van der Waals surface area (Å²) in [7, 11) is 0. The van der Waals surface area contributed by atoms with Crippen LogP contribution in [0.15, 0.2) is 41.5 Å². The van der Waals surface area contributed by atoms with Crippen LogP contribution < -0.4 is 5.01 Å². The summed E-state index contributed by atoms with van der Waals surface area (Å²) in [5.74, 6) is 1.64. The molecule has 0 spiro atoms. The van der Waals surface area contributed by atoms with Crippen LogP contribution in [0, 0.1) is 12.8 Å². The third-order valence-electron chi connectivity index (χ3n) is 3.53. The van der Waals surface area contributed by atoms with Gasteiger partial charge in [-0.1, -0.05) is 32.0 Å². The summed E-state index contributed by atoms with van der Waals surface area (Å²) in [6.45, 7) is 6.24. The fourth-order valence-corrected chi connectivity index (χ4v) is 2.26. The number of anilines is 2. The molecule has 3 rings (SSSR count). The topological polar surface area (TPSA) is 41.4 Å². The number of para-hydroxylation sites is 1. The van der Waals surface area contributed by atoms with Crippen molar-refractivity contribution in [3.05, 3.63) is 47.8 Å². The number of hydrogen-bond acceptors (Lipinski definition) is 4. The Balaban J connectivity index is 2.01. The molecular formula is C18H22N4. The van der Waals surface area contributed by atoms with E-state index in [0.29, 0.717) is 17.8 Å². The number of aromatic nitrogens is 2. The van der Waals surface area contributed by atoms with Gasteiger partial charge >= 0.3 is 0 Å². The van der Waals surface area contributed by atoms with E-state index in [9.17, 15) is 0 Å². The van der Waals surface area contributed by atoms with Gasteiger partial charge in [-0.25, -0.2) is 9.97 Å². The Labute approximate surface area is 131 Å². The Hall–Kier alpha value is -2.23. The van der Waals surface area contributed by atoms with Gasteiger partial charge in [0.25, 0.3) is 5.95 Å². The first-order valence-corrected chi connectivity index (χ1v) is 7.88. The molecule has 2 aromatic rings. The van der Waals surface area contributed by atoms with Crippen LogP contribution in [0.4, 0.5) is 11.6 Å². The molecule has 0 amide bonds. The van der Waals surface area contributed by atoms with Crippen molar-refractivity contribution >= 4 is 17.9 Å². The minimum Gasteiger partial charge on any atom is -0.216 e. The van der Waals surface area contributed by atoms with Crippen molar-refractivity contribution in [2.75, 3.05) is 5.01 Å². The number of nitrogens with zero attached hydrogens (tertiary/aromatic N) is 4. The molecule has 0 atom stereocenters. The van der Waals surface area contributed by atoms with Crippen molar-refractivity contribution in [3.8, 4) is 0 Å². The van der Waals surface area contributed by atoms with Crippen LogP contribution in [-0.2, 0) is 0 Å². The van der Waals surface area contributed by atoms with Crippen LogP contribution in [0.25, 0.3) is 0 Å². The predicted octanol–water partition coefficient (Wildman–Crippen LogP) is 4.44. The first kappa shape index (κ1) is 14.7. The molecule has 1 aromatic carbocycles. The lowest BCUT2D eigenvalue weighted by atomic mass is 10.2. The van der Waals surface area contributed by atoms with E-state index in [0.717, 1.165) is 17.1 Å². The van der Waals surface area contributed by atoms with Crippen LogP contribution in [0.1, 0.15) is 44.0 Å². The van der Waals surface area contributed by atoms with Gasteiger partial charge in [-0.15, -0.1) is 0 Å². The summed E-state index contributed by atoms with van der Waals surface area (Å²) in [6, 6.07) is 12.2. The minimum atomic E-state index is 0.374. The molecular weight excluding hydrogens is 272 g/mol. The maximum atomic E-state index is 4.75. The molecule has 0 radical (unpaired) electrons. The second-order valence-electron chi connectivity index (χ2n) is 6.16. The van der Waals surface area contributed by atoms with Crippen LogP contribution in [0.5, 0.6) is 0 Å². The van der Waals surface area contributed by atoms with Gasteiger partial charge in [0.05, 0.1) is 5.69 Å². The molecule has 0 aliphatic heterocycles. The average Bonchev–Trinajstić information content (AvgIpc) is 3.32. The monoisotopic (exact) mass is 294 g/mol. The minimum absolute atomic E-state index is 0.374. The molecule has 114 valence electrons. The van der Waals surface area contributed by atoms with Crippen LogP contribution in [-0.4, -0.2) is 16.2 Å². The fourth-order valence-electron chi connectivity index (χ4n) is 2.26. The highest BCUT2D eigenvalue weighted by Crippen LogP contribution is 2.39. The number of benzene rings is 1.